The summed E-state index contributed by atoms with van der Waals surface area (Å²) in [6.45, 7) is 6.15. The van der Waals surface area contributed by atoms with Gasteiger partial charge in [-0.15, -0.1) is 0 Å². The summed E-state index contributed by atoms with van der Waals surface area (Å²) < 4.78 is 19.3. The normalized spacial score (nSPS) is 14.9. The first kappa shape index (κ1) is 20.6. The molecule has 1 fully saturated rings. The van der Waals surface area contributed by atoms with Crippen molar-refractivity contribution in [1.82, 2.24) is 10.3 Å². The fourth-order valence-electron chi connectivity index (χ4n) is 3.22. The third-order valence-corrected chi connectivity index (χ3v) is 5.12. The Balaban J connectivity index is 1.74. The summed E-state index contributed by atoms with van der Waals surface area (Å²) in [7, 11) is 0. The highest BCUT2D eigenvalue weighted by Gasteiger charge is 2.19. The first-order chi connectivity index (χ1) is 13.4. The van der Waals surface area contributed by atoms with E-state index in [0.29, 0.717) is 28.9 Å². The molecule has 150 valence electrons. The summed E-state index contributed by atoms with van der Waals surface area (Å²) in [6.07, 6.45) is 3.46. The van der Waals surface area contributed by atoms with Crippen molar-refractivity contribution >= 4 is 29.0 Å². The van der Waals surface area contributed by atoms with Crippen molar-refractivity contribution < 1.29 is 13.9 Å². The zero-order chi connectivity index (χ0) is 20.1. The van der Waals surface area contributed by atoms with E-state index in [2.05, 4.69) is 15.6 Å². The molecule has 0 bridgehead atoms. The molecule has 0 saturated carbocycles. The van der Waals surface area contributed by atoms with Gasteiger partial charge >= 0.3 is 0 Å². The number of nitrogens with one attached hydrogen (secondary N) is 2. The van der Waals surface area contributed by atoms with E-state index >= 15 is 0 Å². The van der Waals surface area contributed by atoms with Crippen LogP contribution in [0.4, 0.5) is 15.9 Å². The van der Waals surface area contributed by atoms with Crippen LogP contribution in [-0.4, -0.2) is 30.6 Å². The minimum absolute atomic E-state index is 0.108. The first-order valence-corrected chi connectivity index (χ1v) is 9.89. The van der Waals surface area contributed by atoms with E-state index in [9.17, 15) is 9.18 Å². The van der Waals surface area contributed by atoms with Crippen LogP contribution in [0.2, 0.25) is 5.02 Å². The Labute approximate surface area is 169 Å². The molecule has 2 N–H and O–H groups in total. The lowest BCUT2D eigenvalue weighted by molar-refractivity contribution is 0.0642. The van der Waals surface area contributed by atoms with Gasteiger partial charge in [0.15, 0.2) is 0 Å². The smallest absolute Gasteiger partial charge is 0.253 e. The van der Waals surface area contributed by atoms with Crippen molar-refractivity contribution in [3.63, 3.8) is 0 Å². The second kappa shape index (κ2) is 9.34. The highest BCUT2D eigenvalue weighted by Crippen LogP contribution is 2.26. The largest absolute Gasteiger partial charge is 0.381 e. The number of pyridine rings is 1. The van der Waals surface area contributed by atoms with Crippen molar-refractivity contribution in [3.8, 4) is 0 Å². The molecular weight excluding hydrogens is 381 g/mol. The average Bonchev–Trinajstić information content (AvgIpc) is 2.69. The summed E-state index contributed by atoms with van der Waals surface area (Å²) in [6, 6.07) is 6.07. The lowest BCUT2D eigenvalue weighted by atomic mass is 9.97. The number of rotatable bonds is 6. The van der Waals surface area contributed by atoms with Gasteiger partial charge in [-0.05, 0) is 54.5 Å². The number of carbonyl (C=O) groups is 1. The van der Waals surface area contributed by atoms with Crippen LogP contribution >= 0.6 is 11.6 Å². The van der Waals surface area contributed by atoms with E-state index in [1.165, 1.54) is 18.2 Å². The van der Waals surface area contributed by atoms with Gasteiger partial charge in [-0.2, -0.15) is 0 Å². The highest BCUT2D eigenvalue weighted by molar-refractivity contribution is 6.30. The molecule has 7 heteroatoms. The zero-order valence-corrected chi connectivity index (χ0v) is 16.9. The molecule has 1 aromatic carbocycles. The third-order valence-electron chi connectivity index (χ3n) is 4.89. The number of carbonyl (C=O) groups excluding carboxylic acids is 1. The number of ether oxygens (including phenoxy) is 1. The van der Waals surface area contributed by atoms with E-state index in [-0.39, 0.29) is 17.5 Å². The Kier molecular flexibility index (Phi) is 6.86. The van der Waals surface area contributed by atoms with E-state index in [1.54, 1.807) is 12.3 Å². The second-order valence-corrected chi connectivity index (χ2v) is 7.76. The van der Waals surface area contributed by atoms with E-state index in [1.807, 2.05) is 13.8 Å². The van der Waals surface area contributed by atoms with Crippen molar-refractivity contribution in [1.29, 1.82) is 0 Å². The Bertz CT molecular complexity index is 838. The second-order valence-electron chi connectivity index (χ2n) is 7.33. The van der Waals surface area contributed by atoms with E-state index in [4.69, 9.17) is 16.3 Å². The minimum atomic E-state index is -0.421. The Hall–Kier alpha value is -2.18. The molecule has 1 saturated heterocycles. The predicted molar refractivity (Wildman–Crippen MR) is 109 cm³/mol. The number of aromatic nitrogens is 1. The molecule has 0 aliphatic carbocycles. The number of anilines is 2. The van der Waals surface area contributed by atoms with Crippen molar-refractivity contribution in [2.45, 2.75) is 32.6 Å². The number of hydrogen-bond acceptors (Lipinski definition) is 4. The van der Waals surface area contributed by atoms with Crippen LogP contribution in [-0.2, 0) is 4.74 Å². The Morgan fingerprint density at radius 2 is 2.07 bits per heavy atom. The van der Waals surface area contributed by atoms with Gasteiger partial charge in [-0.1, -0.05) is 25.4 Å². The summed E-state index contributed by atoms with van der Waals surface area (Å²) in [5, 5.41) is 6.39. The van der Waals surface area contributed by atoms with Crippen LogP contribution in [0.5, 0.6) is 0 Å². The lowest BCUT2D eigenvalue weighted by Crippen LogP contribution is -2.32. The number of hydrogen-bond donors (Lipinski definition) is 2. The van der Waals surface area contributed by atoms with E-state index < -0.39 is 5.82 Å². The number of halogens is 2. The molecule has 0 radical (unpaired) electrons. The van der Waals surface area contributed by atoms with Crippen LogP contribution in [0, 0.1) is 11.7 Å². The standard InChI is InChI=1S/C21H25ClFN3O2/c1-13(2)16-10-20(26-19-9-15(22)3-4-18(19)23)24-12-17(16)21(27)25-11-14-5-7-28-8-6-14/h3-4,9-10,12-14H,5-8,11H2,1-2H3,(H,24,26)(H,25,27). The molecule has 28 heavy (non-hydrogen) atoms. The van der Waals surface area contributed by atoms with Gasteiger partial charge in [0, 0.05) is 31.0 Å². The highest BCUT2D eigenvalue weighted by atomic mass is 35.5. The van der Waals surface area contributed by atoms with Gasteiger partial charge in [0.1, 0.15) is 11.6 Å². The van der Waals surface area contributed by atoms with Gasteiger partial charge in [-0.25, -0.2) is 9.37 Å². The topological polar surface area (TPSA) is 63.2 Å². The van der Waals surface area contributed by atoms with Gasteiger partial charge in [0.2, 0.25) is 0 Å². The van der Waals surface area contributed by atoms with Crippen LogP contribution in [0.15, 0.2) is 30.5 Å². The van der Waals surface area contributed by atoms with Crippen LogP contribution < -0.4 is 10.6 Å². The fourth-order valence-corrected chi connectivity index (χ4v) is 3.39. The molecule has 0 spiro atoms. The maximum Gasteiger partial charge on any atom is 0.253 e. The van der Waals surface area contributed by atoms with Crippen molar-refractivity contribution in [2.24, 2.45) is 5.92 Å². The molecular formula is C21H25ClFN3O2. The summed E-state index contributed by atoms with van der Waals surface area (Å²) in [4.78, 5) is 17.0. The molecule has 2 aromatic rings. The fraction of sp³-hybridized carbons (Fsp3) is 0.429. The molecule has 0 atom stereocenters. The lowest BCUT2D eigenvalue weighted by Gasteiger charge is -2.22. The van der Waals surface area contributed by atoms with Gasteiger partial charge in [0.05, 0.1) is 11.3 Å². The predicted octanol–water partition coefficient (Wildman–Crippen LogP) is 4.90. The average molecular weight is 406 g/mol. The van der Waals surface area contributed by atoms with Crippen molar-refractivity contribution in [2.75, 3.05) is 25.1 Å². The van der Waals surface area contributed by atoms with Gasteiger partial charge in [0.25, 0.3) is 5.91 Å². The maximum atomic E-state index is 14.0. The maximum absolute atomic E-state index is 14.0. The van der Waals surface area contributed by atoms with Crippen LogP contribution in [0.1, 0.15) is 48.5 Å². The molecule has 3 rings (SSSR count). The van der Waals surface area contributed by atoms with Crippen LogP contribution in [0.3, 0.4) is 0 Å². The van der Waals surface area contributed by atoms with Gasteiger partial charge < -0.3 is 15.4 Å². The molecule has 2 heterocycles. The van der Waals surface area contributed by atoms with Crippen LogP contribution in [0.25, 0.3) is 0 Å². The molecule has 1 aromatic heterocycles. The zero-order valence-electron chi connectivity index (χ0n) is 16.1. The first-order valence-electron chi connectivity index (χ1n) is 9.52. The summed E-state index contributed by atoms with van der Waals surface area (Å²) >= 11 is 5.94. The third kappa shape index (κ3) is 5.20. The number of amides is 1. The Morgan fingerprint density at radius 3 is 2.79 bits per heavy atom. The van der Waals surface area contributed by atoms with E-state index in [0.717, 1.165) is 31.6 Å². The number of benzene rings is 1. The monoisotopic (exact) mass is 405 g/mol. The Morgan fingerprint density at radius 1 is 1.32 bits per heavy atom. The molecule has 0 unspecified atom stereocenters. The number of nitrogens with zero attached hydrogens (tertiary/aromatic N) is 1. The van der Waals surface area contributed by atoms with Gasteiger partial charge in [-0.3, -0.25) is 4.79 Å². The molecule has 1 amide bonds. The minimum Gasteiger partial charge on any atom is -0.381 e. The quantitative estimate of drug-likeness (QED) is 0.717. The van der Waals surface area contributed by atoms with Crippen molar-refractivity contribution in [3.05, 3.63) is 52.4 Å². The molecule has 1 aliphatic rings. The molecule has 5 nitrogen and oxygen atoms in total. The SMILES string of the molecule is CC(C)c1cc(Nc2cc(Cl)ccc2F)ncc1C(=O)NCC1CCOCC1. The molecule has 1 aliphatic heterocycles. The summed E-state index contributed by atoms with van der Waals surface area (Å²) in [5.74, 6) is 0.459. The summed E-state index contributed by atoms with van der Waals surface area (Å²) in [5.41, 5.74) is 1.63.